The van der Waals surface area contributed by atoms with Crippen molar-refractivity contribution < 1.29 is 9.53 Å². The lowest BCUT2D eigenvalue weighted by molar-refractivity contribution is -0.131. The molecule has 1 atom stereocenters. The van der Waals surface area contributed by atoms with Gasteiger partial charge in [-0.3, -0.25) is 9.69 Å². The van der Waals surface area contributed by atoms with Gasteiger partial charge in [0.15, 0.2) is 5.82 Å². The molecule has 0 fully saturated rings. The predicted octanol–water partition coefficient (Wildman–Crippen LogP) is 1.69. The van der Waals surface area contributed by atoms with Gasteiger partial charge in [-0.25, -0.2) is 4.68 Å². The summed E-state index contributed by atoms with van der Waals surface area (Å²) >= 11 is 0. The van der Waals surface area contributed by atoms with Crippen LogP contribution in [0.2, 0.25) is 0 Å². The van der Waals surface area contributed by atoms with E-state index in [4.69, 9.17) is 4.74 Å². The zero-order chi connectivity index (χ0) is 21.2. The normalized spacial score (nSPS) is 17.6. The largest absolute Gasteiger partial charge is 0.488 e. The smallest absolute Gasteiger partial charge is 0.244 e. The van der Waals surface area contributed by atoms with Gasteiger partial charge in [0.1, 0.15) is 18.4 Å². The van der Waals surface area contributed by atoms with Crippen molar-refractivity contribution in [3.63, 3.8) is 0 Å². The first-order chi connectivity index (χ1) is 15.2. The van der Waals surface area contributed by atoms with Crippen LogP contribution in [0.3, 0.4) is 0 Å². The van der Waals surface area contributed by atoms with Gasteiger partial charge in [-0.05, 0) is 39.6 Å². The van der Waals surface area contributed by atoms with E-state index >= 15 is 0 Å². The molecule has 3 aromatic rings. The van der Waals surface area contributed by atoms with E-state index in [1.54, 1.807) is 16.6 Å². The zero-order valence-electron chi connectivity index (χ0n) is 17.6. The molecular formula is C23H26N6O2. The molecule has 8 heteroatoms. The maximum Gasteiger partial charge on any atom is 0.244 e. The summed E-state index contributed by atoms with van der Waals surface area (Å²) in [4.78, 5) is 16.8. The van der Waals surface area contributed by atoms with Crippen molar-refractivity contribution in [3.05, 3.63) is 71.0 Å². The number of hydrogen-bond acceptors (Lipinski definition) is 6. The maximum absolute atomic E-state index is 12.8. The van der Waals surface area contributed by atoms with E-state index in [1.165, 1.54) is 16.7 Å². The van der Waals surface area contributed by atoms with Gasteiger partial charge in [0.25, 0.3) is 0 Å². The van der Waals surface area contributed by atoms with Crippen LogP contribution in [0.5, 0.6) is 5.75 Å². The van der Waals surface area contributed by atoms with Gasteiger partial charge in [0, 0.05) is 26.6 Å². The van der Waals surface area contributed by atoms with Gasteiger partial charge in [-0.2, -0.15) is 0 Å². The zero-order valence-corrected chi connectivity index (χ0v) is 17.6. The van der Waals surface area contributed by atoms with Crippen LogP contribution in [0.4, 0.5) is 0 Å². The molecule has 0 aliphatic carbocycles. The molecule has 0 spiro atoms. The average molecular weight is 419 g/mol. The molecule has 31 heavy (non-hydrogen) atoms. The minimum atomic E-state index is -0.0305. The van der Waals surface area contributed by atoms with Crippen LogP contribution in [0, 0.1) is 0 Å². The highest BCUT2D eigenvalue weighted by Crippen LogP contribution is 2.28. The summed E-state index contributed by atoms with van der Waals surface area (Å²) < 4.78 is 7.58. The average Bonchev–Trinajstić information content (AvgIpc) is 3.39. The molecule has 0 saturated heterocycles. The number of benzene rings is 2. The lowest BCUT2D eigenvalue weighted by Crippen LogP contribution is -2.39. The van der Waals surface area contributed by atoms with Crippen LogP contribution in [0.25, 0.3) is 0 Å². The Hall–Kier alpha value is -3.26. The van der Waals surface area contributed by atoms with Crippen LogP contribution in [-0.4, -0.2) is 62.2 Å². The highest BCUT2D eigenvalue weighted by Gasteiger charge is 2.26. The molecule has 0 bridgehead atoms. The highest BCUT2D eigenvalue weighted by atomic mass is 16.5. The standard InChI is InChI=1S/C23H26N6O2/c1-27(14-20-12-18-7-4-5-9-21(18)31-20)23(30)16-29-22(24-25-26-29)15-28-11-10-17-6-2-3-8-19(17)13-28/h2-9,20H,10-16H2,1H3/t20-/m0/s1. The predicted molar refractivity (Wildman–Crippen MR) is 114 cm³/mol. The fourth-order valence-corrected chi connectivity index (χ4v) is 4.36. The minimum absolute atomic E-state index is 0.0203. The summed E-state index contributed by atoms with van der Waals surface area (Å²) in [5, 5.41) is 12.1. The number of aromatic nitrogens is 4. The first-order valence-electron chi connectivity index (χ1n) is 10.7. The van der Waals surface area contributed by atoms with E-state index in [9.17, 15) is 4.79 Å². The van der Waals surface area contributed by atoms with Crippen LogP contribution in [-0.2, 0) is 37.3 Å². The number of fused-ring (bicyclic) bond motifs is 2. The fraction of sp³-hybridized carbons (Fsp3) is 0.391. The van der Waals surface area contributed by atoms with Crippen molar-refractivity contribution in [2.75, 3.05) is 20.1 Å². The van der Waals surface area contributed by atoms with Crippen molar-refractivity contribution in [1.29, 1.82) is 0 Å². The number of rotatable bonds is 6. The van der Waals surface area contributed by atoms with Crippen LogP contribution < -0.4 is 4.74 Å². The third kappa shape index (κ3) is 4.29. The van der Waals surface area contributed by atoms with E-state index in [0.717, 1.165) is 31.7 Å². The lowest BCUT2D eigenvalue weighted by Gasteiger charge is -2.28. The van der Waals surface area contributed by atoms with Gasteiger partial charge in [0.2, 0.25) is 5.91 Å². The molecule has 1 amide bonds. The SMILES string of the molecule is CN(C[C@@H]1Cc2ccccc2O1)C(=O)Cn1nnnc1CN1CCc2ccccc2C1. The van der Waals surface area contributed by atoms with Crippen molar-refractivity contribution >= 4 is 5.91 Å². The number of carbonyl (C=O) groups is 1. The monoisotopic (exact) mass is 418 g/mol. The second-order valence-corrected chi connectivity index (χ2v) is 8.31. The number of ether oxygens (including phenoxy) is 1. The molecule has 0 N–H and O–H groups in total. The molecule has 2 aliphatic rings. The second kappa shape index (κ2) is 8.47. The van der Waals surface area contributed by atoms with E-state index < -0.39 is 0 Å². The Morgan fingerprint density at radius 1 is 1.13 bits per heavy atom. The number of amides is 1. The molecule has 3 heterocycles. The van der Waals surface area contributed by atoms with E-state index in [1.807, 2.05) is 18.2 Å². The number of hydrogen-bond donors (Lipinski definition) is 0. The first kappa shape index (κ1) is 19.7. The number of nitrogens with zero attached hydrogens (tertiary/aromatic N) is 6. The second-order valence-electron chi connectivity index (χ2n) is 8.31. The minimum Gasteiger partial charge on any atom is -0.488 e. The van der Waals surface area contributed by atoms with E-state index in [-0.39, 0.29) is 18.6 Å². The van der Waals surface area contributed by atoms with Gasteiger partial charge >= 0.3 is 0 Å². The quantitative estimate of drug-likeness (QED) is 0.606. The van der Waals surface area contributed by atoms with Crippen LogP contribution in [0.15, 0.2) is 48.5 Å². The molecule has 2 aliphatic heterocycles. The topological polar surface area (TPSA) is 76.4 Å². The molecule has 160 valence electrons. The molecule has 8 nitrogen and oxygen atoms in total. The Kier molecular flexibility index (Phi) is 5.38. The third-order valence-corrected chi connectivity index (χ3v) is 6.08. The fourth-order valence-electron chi connectivity index (χ4n) is 4.36. The van der Waals surface area contributed by atoms with Gasteiger partial charge in [-0.15, -0.1) is 5.10 Å². The summed E-state index contributed by atoms with van der Waals surface area (Å²) in [6, 6.07) is 16.6. The Labute approximate surface area is 181 Å². The third-order valence-electron chi connectivity index (χ3n) is 6.08. The van der Waals surface area contributed by atoms with Crippen molar-refractivity contribution in [2.24, 2.45) is 0 Å². The van der Waals surface area contributed by atoms with Crippen LogP contribution >= 0.6 is 0 Å². The molecule has 2 aromatic carbocycles. The van der Waals surface area contributed by atoms with Crippen molar-refractivity contribution in [2.45, 2.75) is 38.6 Å². The molecule has 0 saturated carbocycles. The number of likely N-dealkylation sites (N-methyl/N-ethyl adjacent to an activating group) is 1. The lowest BCUT2D eigenvalue weighted by atomic mass is 10.00. The van der Waals surface area contributed by atoms with Crippen LogP contribution in [0.1, 0.15) is 22.5 Å². The number of carbonyl (C=O) groups excluding carboxylic acids is 1. The summed E-state index contributed by atoms with van der Waals surface area (Å²) in [5.74, 6) is 1.60. The summed E-state index contributed by atoms with van der Waals surface area (Å²) in [7, 11) is 1.81. The Bertz CT molecular complexity index is 1060. The molecule has 1 aromatic heterocycles. The first-order valence-corrected chi connectivity index (χ1v) is 10.7. The summed E-state index contributed by atoms with van der Waals surface area (Å²) in [6.07, 6.45) is 1.82. The summed E-state index contributed by atoms with van der Waals surface area (Å²) in [5.41, 5.74) is 3.95. The van der Waals surface area contributed by atoms with Gasteiger partial charge in [-0.1, -0.05) is 42.5 Å². The van der Waals surface area contributed by atoms with Crippen molar-refractivity contribution in [1.82, 2.24) is 30.0 Å². The summed E-state index contributed by atoms with van der Waals surface area (Å²) in [6.45, 7) is 3.12. The van der Waals surface area contributed by atoms with Gasteiger partial charge < -0.3 is 9.64 Å². The van der Waals surface area contributed by atoms with E-state index in [0.29, 0.717) is 18.9 Å². The Balaban J connectivity index is 1.17. The van der Waals surface area contributed by atoms with Crippen molar-refractivity contribution in [3.8, 4) is 5.75 Å². The number of para-hydroxylation sites is 1. The van der Waals surface area contributed by atoms with Gasteiger partial charge in [0.05, 0.1) is 13.1 Å². The molecule has 0 radical (unpaired) electrons. The Morgan fingerprint density at radius 2 is 1.90 bits per heavy atom. The molecule has 5 rings (SSSR count). The molecule has 0 unspecified atom stereocenters. The maximum atomic E-state index is 12.8. The van der Waals surface area contributed by atoms with E-state index in [2.05, 4.69) is 50.8 Å². The Morgan fingerprint density at radius 3 is 2.74 bits per heavy atom. The number of tetrazole rings is 1. The molecular weight excluding hydrogens is 392 g/mol. The highest BCUT2D eigenvalue weighted by molar-refractivity contribution is 5.75.